The molecule has 0 bridgehead atoms. The molecule has 0 aromatic carbocycles. The largest absolute Gasteiger partial charge is 0.348 e. The second-order valence-electron chi connectivity index (χ2n) is 6.43. The monoisotopic (exact) mass is 349 g/mol. The van der Waals surface area contributed by atoms with Crippen LogP contribution in [0.3, 0.4) is 0 Å². The minimum absolute atomic E-state index is 0.00298. The highest BCUT2D eigenvalue weighted by Gasteiger charge is 2.28. The number of thiazole rings is 1. The smallest absolute Gasteiger partial charge is 0.271 e. The summed E-state index contributed by atoms with van der Waals surface area (Å²) in [7, 11) is 0. The summed E-state index contributed by atoms with van der Waals surface area (Å²) in [6.45, 7) is 5.13. The van der Waals surface area contributed by atoms with Crippen molar-refractivity contribution in [2.45, 2.75) is 38.8 Å². The molecule has 0 spiro atoms. The molecule has 3 heterocycles. The number of rotatable bonds is 4. The van der Waals surface area contributed by atoms with Crippen molar-refractivity contribution in [1.82, 2.24) is 19.6 Å². The molecule has 2 aromatic rings. The average Bonchev–Trinajstić information content (AvgIpc) is 3.15. The Labute approximate surface area is 144 Å². The lowest BCUT2D eigenvalue weighted by Gasteiger charge is -2.35. The fraction of sp³-hybridized carbons (Fsp3) is 0.562. The van der Waals surface area contributed by atoms with E-state index in [4.69, 9.17) is 5.73 Å². The molecule has 3 N–H and O–H groups in total. The highest BCUT2D eigenvalue weighted by Crippen LogP contribution is 2.21. The van der Waals surface area contributed by atoms with Gasteiger partial charge in [0.15, 0.2) is 4.96 Å². The summed E-state index contributed by atoms with van der Waals surface area (Å²) in [5.41, 5.74) is 6.10. The number of hydrogen-bond acceptors (Lipinski definition) is 5. The van der Waals surface area contributed by atoms with Crippen LogP contribution in [0.15, 0.2) is 17.8 Å². The summed E-state index contributed by atoms with van der Waals surface area (Å²) in [5.74, 6) is 0.213. The van der Waals surface area contributed by atoms with Gasteiger partial charge >= 0.3 is 0 Å². The average molecular weight is 349 g/mol. The molecule has 0 saturated carbocycles. The summed E-state index contributed by atoms with van der Waals surface area (Å²) in [6, 6.07) is -0.404. The number of nitrogens with one attached hydrogen (secondary N) is 1. The molecule has 2 unspecified atom stereocenters. The second-order valence-corrected chi connectivity index (χ2v) is 7.31. The molecular weight excluding hydrogens is 326 g/mol. The van der Waals surface area contributed by atoms with Gasteiger partial charge in [-0.25, -0.2) is 4.98 Å². The van der Waals surface area contributed by atoms with Crippen molar-refractivity contribution in [2.75, 3.05) is 13.1 Å². The van der Waals surface area contributed by atoms with Gasteiger partial charge in [0, 0.05) is 36.9 Å². The first-order chi connectivity index (χ1) is 11.5. The van der Waals surface area contributed by atoms with Crippen molar-refractivity contribution < 1.29 is 9.59 Å². The summed E-state index contributed by atoms with van der Waals surface area (Å²) < 4.78 is 1.85. The van der Waals surface area contributed by atoms with Crippen LogP contribution < -0.4 is 11.1 Å². The van der Waals surface area contributed by atoms with Crippen LogP contribution >= 0.6 is 11.3 Å². The number of imidazole rings is 1. The SMILES string of the molecule is CC(N)C(=O)N1CCC(C(C)NC(=O)c2cn3ccsc3n2)CC1. The van der Waals surface area contributed by atoms with Crippen molar-refractivity contribution in [1.29, 1.82) is 0 Å². The lowest BCUT2D eigenvalue weighted by atomic mass is 9.90. The number of aromatic nitrogens is 2. The van der Waals surface area contributed by atoms with E-state index < -0.39 is 6.04 Å². The van der Waals surface area contributed by atoms with E-state index in [2.05, 4.69) is 10.3 Å². The number of nitrogens with zero attached hydrogens (tertiary/aromatic N) is 3. The van der Waals surface area contributed by atoms with Gasteiger partial charge < -0.3 is 16.0 Å². The van der Waals surface area contributed by atoms with E-state index in [-0.39, 0.29) is 17.9 Å². The van der Waals surface area contributed by atoms with Crippen LogP contribution in [-0.4, -0.2) is 51.3 Å². The predicted octanol–water partition coefficient (Wildman–Crippen LogP) is 1.10. The Hall–Kier alpha value is -1.93. The van der Waals surface area contributed by atoms with E-state index in [1.807, 2.05) is 27.8 Å². The zero-order valence-electron chi connectivity index (χ0n) is 13.9. The molecule has 1 aliphatic heterocycles. The maximum Gasteiger partial charge on any atom is 0.271 e. The highest BCUT2D eigenvalue weighted by molar-refractivity contribution is 7.15. The third kappa shape index (κ3) is 3.44. The summed E-state index contributed by atoms with van der Waals surface area (Å²) in [6.07, 6.45) is 5.38. The molecular formula is C16H23N5O2S. The van der Waals surface area contributed by atoms with Gasteiger partial charge in [0.1, 0.15) is 5.69 Å². The Morgan fingerprint density at radius 3 is 2.71 bits per heavy atom. The van der Waals surface area contributed by atoms with Crippen LogP contribution in [0.1, 0.15) is 37.2 Å². The fourth-order valence-corrected chi connectivity index (χ4v) is 3.84. The first-order valence-electron chi connectivity index (χ1n) is 8.23. The van der Waals surface area contributed by atoms with Crippen molar-refractivity contribution in [3.63, 3.8) is 0 Å². The van der Waals surface area contributed by atoms with Gasteiger partial charge in [0.05, 0.1) is 6.04 Å². The molecule has 1 fully saturated rings. The Balaban J connectivity index is 1.54. The number of nitrogens with two attached hydrogens (primary N) is 1. The van der Waals surface area contributed by atoms with Crippen LogP contribution in [0, 0.1) is 5.92 Å². The Morgan fingerprint density at radius 1 is 1.38 bits per heavy atom. The topological polar surface area (TPSA) is 92.7 Å². The molecule has 1 saturated heterocycles. The lowest BCUT2D eigenvalue weighted by molar-refractivity contribution is -0.133. The first-order valence-corrected chi connectivity index (χ1v) is 9.11. The quantitative estimate of drug-likeness (QED) is 0.864. The van der Waals surface area contributed by atoms with Crippen molar-refractivity contribution >= 4 is 28.1 Å². The Kier molecular flexibility index (Phi) is 4.86. The van der Waals surface area contributed by atoms with Gasteiger partial charge in [-0.1, -0.05) is 0 Å². The number of amides is 2. The van der Waals surface area contributed by atoms with Crippen LogP contribution in [0.4, 0.5) is 0 Å². The number of hydrogen-bond donors (Lipinski definition) is 2. The zero-order valence-corrected chi connectivity index (χ0v) is 14.8. The molecule has 7 nitrogen and oxygen atoms in total. The van der Waals surface area contributed by atoms with Gasteiger partial charge in [-0.2, -0.15) is 0 Å². The summed E-state index contributed by atoms with van der Waals surface area (Å²) in [4.78, 5) is 31.2. The van der Waals surface area contributed by atoms with Crippen molar-refractivity contribution in [3.05, 3.63) is 23.5 Å². The first kappa shape index (κ1) is 16.9. The molecule has 8 heteroatoms. The van der Waals surface area contributed by atoms with E-state index in [1.165, 1.54) is 11.3 Å². The van der Waals surface area contributed by atoms with Crippen molar-refractivity contribution in [2.24, 2.45) is 11.7 Å². The predicted molar refractivity (Wildman–Crippen MR) is 93.0 cm³/mol. The number of fused-ring (bicyclic) bond motifs is 1. The summed E-state index contributed by atoms with van der Waals surface area (Å²) in [5, 5.41) is 4.98. The minimum atomic E-state index is -0.450. The fourth-order valence-electron chi connectivity index (χ4n) is 3.14. The molecule has 24 heavy (non-hydrogen) atoms. The third-order valence-corrected chi connectivity index (χ3v) is 5.40. The van der Waals surface area contributed by atoms with Gasteiger partial charge in [0.25, 0.3) is 5.91 Å². The van der Waals surface area contributed by atoms with Crippen LogP contribution in [0.25, 0.3) is 4.96 Å². The molecule has 2 atom stereocenters. The van der Waals surface area contributed by atoms with E-state index >= 15 is 0 Å². The molecule has 2 aromatic heterocycles. The molecule has 1 aliphatic rings. The number of carbonyl (C=O) groups excluding carboxylic acids is 2. The van der Waals surface area contributed by atoms with E-state index in [0.29, 0.717) is 24.7 Å². The Morgan fingerprint density at radius 2 is 2.08 bits per heavy atom. The van der Waals surface area contributed by atoms with E-state index in [9.17, 15) is 9.59 Å². The maximum absolute atomic E-state index is 12.4. The van der Waals surface area contributed by atoms with E-state index in [1.54, 1.807) is 13.1 Å². The number of carbonyl (C=O) groups is 2. The van der Waals surface area contributed by atoms with Gasteiger partial charge in [-0.15, -0.1) is 11.3 Å². The molecule has 2 amide bonds. The second kappa shape index (κ2) is 6.90. The van der Waals surface area contributed by atoms with Gasteiger partial charge in [-0.3, -0.25) is 14.0 Å². The van der Waals surface area contributed by atoms with Crippen LogP contribution in [0.2, 0.25) is 0 Å². The molecule has 0 aliphatic carbocycles. The lowest BCUT2D eigenvalue weighted by Crippen LogP contribution is -2.49. The van der Waals surface area contributed by atoms with Crippen LogP contribution in [-0.2, 0) is 4.79 Å². The molecule has 3 rings (SSSR count). The van der Waals surface area contributed by atoms with Gasteiger partial charge in [0.2, 0.25) is 5.91 Å². The van der Waals surface area contributed by atoms with Crippen molar-refractivity contribution in [3.8, 4) is 0 Å². The maximum atomic E-state index is 12.4. The number of likely N-dealkylation sites (tertiary alicyclic amines) is 1. The summed E-state index contributed by atoms with van der Waals surface area (Å²) >= 11 is 1.50. The molecule has 130 valence electrons. The Bertz CT molecular complexity index is 701. The minimum Gasteiger partial charge on any atom is -0.348 e. The molecule has 0 radical (unpaired) electrons. The van der Waals surface area contributed by atoms with Gasteiger partial charge in [-0.05, 0) is 32.6 Å². The highest BCUT2D eigenvalue weighted by atomic mass is 32.1. The number of piperidine rings is 1. The third-order valence-electron chi connectivity index (χ3n) is 4.63. The van der Waals surface area contributed by atoms with E-state index in [0.717, 1.165) is 17.8 Å². The van der Waals surface area contributed by atoms with Crippen LogP contribution in [0.5, 0.6) is 0 Å². The standard InChI is InChI=1S/C16H23N5O2S/c1-10(17)15(23)20-5-3-12(4-6-20)11(2)18-14(22)13-9-21-7-8-24-16(21)19-13/h7-12H,3-6,17H2,1-2H3,(H,18,22). The zero-order chi connectivity index (χ0) is 17.3. The normalized spacial score (nSPS) is 18.5.